The first-order valence-electron chi connectivity index (χ1n) is 7.66. The van der Waals surface area contributed by atoms with E-state index in [1.165, 1.54) is 19.3 Å². The summed E-state index contributed by atoms with van der Waals surface area (Å²) in [6.45, 7) is 0.271. The Bertz CT molecular complexity index is 596. The minimum Gasteiger partial charge on any atom is -0.454 e. The summed E-state index contributed by atoms with van der Waals surface area (Å²) in [7, 11) is 0. The van der Waals surface area contributed by atoms with Crippen LogP contribution in [0.3, 0.4) is 0 Å². The molecule has 21 heavy (non-hydrogen) atoms. The van der Waals surface area contributed by atoms with E-state index in [1.807, 2.05) is 24.3 Å². The van der Waals surface area contributed by atoms with Crippen molar-refractivity contribution in [2.45, 2.75) is 31.7 Å². The van der Waals surface area contributed by atoms with Crippen molar-refractivity contribution < 1.29 is 14.3 Å². The van der Waals surface area contributed by atoms with Gasteiger partial charge in [0.2, 0.25) is 12.7 Å². The molecule has 4 heteroatoms. The predicted octanol–water partition coefficient (Wildman–Crippen LogP) is 2.73. The molecule has 110 valence electrons. The summed E-state index contributed by atoms with van der Waals surface area (Å²) in [5.41, 5.74) is 0.947. The zero-order valence-electron chi connectivity index (χ0n) is 11.9. The number of fused-ring (bicyclic) bond motifs is 3. The van der Waals surface area contributed by atoms with E-state index in [0.29, 0.717) is 12.0 Å². The van der Waals surface area contributed by atoms with E-state index in [1.54, 1.807) is 6.08 Å². The maximum Gasteiger partial charge on any atom is 0.244 e. The largest absolute Gasteiger partial charge is 0.454 e. The first-order chi connectivity index (χ1) is 10.3. The van der Waals surface area contributed by atoms with Crippen LogP contribution >= 0.6 is 0 Å². The Balaban J connectivity index is 1.37. The molecular weight excluding hydrogens is 266 g/mol. The van der Waals surface area contributed by atoms with E-state index >= 15 is 0 Å². The van der Waals surface area contributed by atoms with Gasteiger partial charge in [-0.25, -0.2) is 0 Å². The Morgan fingerprint density at radius 1 is 1.19 bits per heavy atom. The van der Waals surface area contributed by atoms with E-state index in [0.717, 1.165) is 29.4 Å². The molecule has 1 aromatic rings. The molecule has 2 fully saturated rings. The molecule has 1 amide bonds. The predicted molar refractivity (Wildman–Crippen MR) is 79.0 cm³/mol. The van der Waals surface area contributed by atoms with Gasteiger partial charge in [0, 0.05) is 12.1 Å². The number of carbonyl (C=O) groups is 1. The average Bonchev–Trinajstić information content (AvgIpc) is 3.20. The summed E-state index contributed by atoms with van der Waals surface area (Å²) >= 11 is 0. The van der Waals surface area contributed by atoms with Crippen LogP contribution in [0, 0.1) is 11.8 Å². The first-order valence-corrected chi connectivity index (χ1v) is 7.66. The van der Waals surface area contributed by atoms with E-state index in [-0.39, 0.29) is 12.7 Å². The van der Waals surface area contributed by atoms with Gasteiger partial charge in [-0.15, -0.1) is 0 Å². The molecular formula is C17H19NO3. The third-order valence-electron chi connectivity index (χ3n) is 4.89. The van der Waals surface area contributed by atoms with Crippen molar-refractivity contribution in [2.24, 2.45) is 11.8 Å². The number of carbonyl (C=O) groups excluding carboxylic acids is 1. The van der Waals surface area contributed by atoms with Crippen LogP contribution in [0.15, 0.2) is 24.3 Å². The highest BCUT2D eigenvalue weighted by Crippen LogP contribution is 2.44. The van der Waals surface area contributed by atoms with Gasteiger partial charge in [-0.3, -0.25) is 4.79 Å². The molecule has 2 aliphatic carbocycles. The lowest BCUT2D eigenvalue weighted by atomic mass is 9.95. The molecule has 3 aliphatic rings. The van der Waals surface area contributed by atoms with Gasteiger partial charge in [-0.1, -0.05) is 12.5 Å². The lowest BCUT2D eigenvalue weighted by molar-refractivity contribution is -0.117. The minimum atomic E-state index is 0.00483. The molecule has 3 atom stereocenters. The molecule has 4 nitrogen and oxygen atoms in total. The molecule has 0 aromatic heterocycles. The molecule has 1 aliphatic heterocycles. The van der Waals surface area contributed by atoms with E-state index in [2.05, 4.69) is 5.32 Å². The van der Waals surface area contributed by atoms with Gasteiger partial charge < -0.3 is 14.8 Å². The number of ether oxygens (including phenoxy) is 2. The number of benzene rings is 1. The lowest BCUT2D eigenvalue weighted by Crippen LogP contribution is -2.37. The van der Waals surface area contributed by atoms with Crippen molar-refractivity contribution in [1.29, 1.82) is 0 Å². The zero-order valence-corrected chi connectivity index (χ0v) is 11.9. The Morgan fingerprint density at radius 2 is 2.10 bits per heavy atom. The summed E-state index contributed by atoms with van der Waals surface area (Å²) in [5, 5.41) is 3.15. The van der Waals surface area contributed by atoms with Crippen molar-refractivity contribution in [3.63, 3.8) is 0 Å². The Kier molecular flexibility index (Phi) is 3.09. The van der Waals surface area contributed by atoms with E-state index in [4.69, 9.17) is 9.47 Å². The van der Waals surface area contributed by atoms with Gasteiger partial charge in [-0.05, 0) is 54.9 Å². The fraction of sp³-hybridized carbons (Fsp3) is 0.471. The first kappa shape index (κ1) is 12.7. The molecule has 0 unspecified atom stereocenters. The van der Waals surface area contributed by atoms with Crippen LogP contribution in [0.25, 0.3) is 6.08 Å². The van der Waals surface area contributed by atoms with Crippen LogP contribution in [0.2, 0.25) is 0 Å². The van der Waals surface area contributed by atoms with Gasteiger partial charge in [0.1, 0.15) is 0 Å². The van der Waals surface area contributed by atoms with Gasteiger partial charge >= 0.3 is 0 Å². The highest BCUT2D eigenvalue weighted by molar-refractivity contribution is 5.92. The van der Waals surface area contributed by atoms with Crippen molar-refractivity contribution in [1.82, 2.24) is 5.32 Å². The van der Waals surface area contributed by atoms with Crippen LogP contribution in [-0.4, -0.2) is 18.7 Å². The molecule has 0 saturated heterocycles. The van der Waals surface area contributed by atoms with E-state index in [9.17, 15) is 4.79 Å². The van der Waals surface area contributed by atoms with Crippen LogP contribution in [0.4, 0.5) is 0 Å². The number of rotatable bonds is 3. The number of hydrogen-bond donors (Lipinski definition) is 1. The molecule has 2 bridgehead atoms. The summed E-state index contributed by atoms with van der Waals surface area (Å²) in [4.78, 5) is 12.0. The monoisotopic (exact) mass is 285 g/mol. The fourth-order valence-corrected chi connectivity index (χ4v) is 3.84. The Labute approximate surface area is 124 Å². The topological polar surface area (TPSA) is 47.6 Å². The minimum absolute atomic E-state index is 0.00483. The summed E-state index contributed by atoms with van der Waals surface area (Å²) in [6.07, 6.45) is 8.53. The maximum atomic E-state index is 12.0. The van der Waals surface area contributed by atoms with Gasteiger partial charge in [0.15, 0.2) is 11.5 Å². The second kappa shape index (κ2) is 5.10. The summed E-state index contributed by atoms with van der Waals surface area (Å²) in [5.74, 6) is 3.06. The number of amides is 1. The van der Waals surface area contributed by atoms with Crippen molar-refractivity contribution >= 4 is 12.0 Å². The molecule has 0 spiro atoms. The third-order valence-corrected chi connectivity index (χ3v) is 4.89. The standard InChI is InChI=1S/C17H19NO3/c19-17(18-14-8-12-1-4-13(14)7-12)6-3-11-2-5-15-16(9-11)21-10-20-15/h2-3,5-6,9,12-14H,1,4,7-8,10H2,(H,18,19)/b6-3+/t12-,13+,14+/m1/s1. The summed E-state index contributed by atoms with van der Waals surface area (Å²) < 4.78 is 10.6. The lowest BCUT2D eigenvalue weighted by Gasteiger charge is -2.22. The fourth-order valence-electron chi connectivity index (χ4n) is 3.84. The molecule has 4 rings (SSSR count). The number of nitrogens with one attached hydrogen (secondary N) is 1. The van der Waals surface area contributed by atoms with Crippen molar-refractivity contribution in [2.75, 3.05) is 6.79 Å². The Hall–Kier alpha value is -1.97. The van der Waals surface area contributed by atoms with Crippen molar-refractivity contribution in [3.8, 4) is 11.5 Å². The molecule has 2 saturated carbocycles. The van der Waals surface area contributed by atoms with Gasteiger partial charge in [0.05, 0.1) is 0 Å². The summed E-state index contributed by atoms with van der Waals surface area (Å²) in [6, 6.07) is 6.08. The van der Waals surface area contributed by atoms with Crippen molar-refractivity contribution in [3.05, 3.63) is 29.8 Å². The Morgan fingerprint density at radius 3 is 2.90 bits per heavy atom. The highest BCUT2D eigenvalue weighted by Gasteiger charge is 2.39. The molecule has 1 N–H and O–H groups in total. The normalized spacial score (nSPS) is 29.2. The second-order valence-electron chi connectivity index (χ2n) is 6.24. The third kappa shape index (κ3) is 2.50. The average molecular weight is 285 g/mol. The van der Waals surface area contributed by atoms with Gasteiger partial charge in [0.25, 0.3) is 0 Å². The second-order valence-corrected chi connectivity index (χ2v) is 6.24. The quantitative estimate of drug-likeness (QED) is 0.869. The van der Waals surface area contributed by atoms with Crippen LogP contribution in [-0.2, 0) is 4.79 Å². The molecule has 1 aromatic carbocycles. The smallest absolute Gasteiger partial charge is 0.244 e. The van der Waals surface area contributed by atoms with Crippen LogP contribution in [0.5, 0.6) is 11.5 Å². The maximum absolute atomic E-state index is 12.0. The zero-order chi connectivity index (χ0) is 14.2. The van der Waals surface area contributed by atoms with Crippen LogP contribution < -0.4 is 14.8 Å². The van der Waals surface area contributed by atoms with Gasteiger partial charge in [-0.2, -0.15) is 0 Å². The van der Waals surface area contributed by atoms with Crippen LogP contribution in [0.1, 0.15) is 31.2 Å². The SMILES string of the molecule is O=C(/C=C/c1ccc2c(c1)OCO2)N[C@H]1C[C@@H]2CC[C@H]1C2. The highest BCUT2D eigenvalue weighted by atomic mass is 16.7. The molecule has 1 heterocycles. The molecule has 0 radical (unpaired) electrons. The number of hydrogen-bond acceptors (Lipinski definition) is 3. The van der Waals surface area contributed by atoms with E-state index < -0.39 is 0 Å².